The number of aliphatic hydroxyl groups excluding tert-OH is 1. The molecule has 1 aliphatic rings. The van der Waals surface area contributed by atoms with Gasteiger partial charge in [0.2, 0.25) is 0 Å². The molecule has 92 valence electrons. The van der Waals surface area contributed by atoms with E-state index >= 15 is 0 Å². The molecule has 2 rings (SSSR count). The van der Waals surface area contributed by atoms with Gasteiger partial charge >= 0.3 is 0 Å². The smallest absolute Gasteiger partial charge is 0.262 e. The molecule has 0 spiro atoms. The van der Waals surface area contributed by atoms with Gasteiger partial charge in [0.25, 0.3) is 5.91 Å². The first-order valence-corrected chi connectivity index (χ1v) is 5.30. The van der Waals surface area contributed by atoms with Gasteiger partial charge in [0, 0.05) is 19.7 Å². The number of benzene rings is 1. The number of nitrogens with two attached hydrogens (primary N) is 1. The van der Waals surface area contributed by atoms with Crippen molar-refractivity contribution in [2.24, 2.45) is 0 Å². The first-order valence-electron chi connectivity index (χ1n) is 5.30. The number of likely N-dealkylation sites (N-methyl/N-ethyl adjacent to an activating group) is 1. The van der Waals surface area contributed by atoms with E-state index in [0.717, 1.165) is 5.69 Å². The van der Waals surface area contributed by atoms with Crippen LogP contribution in [0.3, 0.4) is 0 Å². The molecule has 0 radical (unpaired) electrons. The fraction of sp³-hybridized carbons (Fsp3) is 0.364. The molecule has 0 unspecified atom stereocenters. The van der Waals surface area contributed by atoms with E-state index in [1.54, 1.807) is 12.1 Å². The molecule has 0 saturated heterocycles. The highest BCUT2D eigenvalue weighted by atomic mass is 16.5. The number of amides is 1. The summed E-state index contributed by atoms with van der Waals surface area (Å²) in [4.78, 5) is 13.0. The molecule has 0 saturated carbocycles. The zero-order chi connectivity index (χ0) is 12.4. The van der Waals surface area contributed by atoms with Crippen molar-refractivity contribution < 1.29 is 14.6 Å². The summed E-state index contributed by atoms with van der Waals surface area (Å²) in [6.07, 6.45) is 0. The zero-order valence-electron chi connectivity index (χ0n) is 9.56. The van der Waals surface area contributed by atoms with E-state index in [9.17, 15) is 4.79 Å². The van der Waals surface area contributed by atoms with Gasteiger partial charge in [-0.2, -0.15) is 0 Å². The maximum atomic E-state index is 11.2. The van der Waals surface area contributed by atoms with Gasteiger partial charge in [0.15, 0.2) is 6.61 Å². The minimum atomic E-state index is -0.182. The van der Waals surface area contributed by atoms with E-state index in [1.165, 1.54) is 0 Å². The second-order valence-electron chi connectivity index (χ2n) is 3.89. The van der Waals surface area contributed by atoms with Crippen LogP contribution < -0.4 is 20.7 Å². The van der Waals surface area contributed by atoms with Crippen molar-refractivity contribution >= 4 is 23.0 Å². The van der Waals surface area contributed by atoms with E-state index in [0.29, 0.717) is 23.7 Å². The van der Waals surface area contributed by atoms with Gasteiger partial charge in [-0.25, -0.2) is 0 Å². The fourth-order valence-corrected chi connectivity index (χ4v) is 1.73. The SMILES string of the molecule is CN(CCO)c1cc2c(cc1N)OCC(=O)N2. The van der Waals surface area contributed by atoms with Crippen molar-refractivity contribution in [2.75, 3.05) is 42.8 Å². The highest BCUT2D eigenvalue weighted by Crippen LogP contribution is 2.36. The molecule has 0 atom stereocenters. The molecule has 1 aromatic carbocycles. The summed E-state index contributed by atoms with van der Waals surface area (Å²) in [5.74, 6) is 0.390. The van der Waals surface area contributed by atoms with Crippen molar-refractivity contribution in [1.82, 2.24) is 0 Å². The summed E-state index contributed by atoms with van der Waals surface area (Å²) in [6, 6.07) is 3.43. The standard InChI is InChI=1S/C11H15N3O3/c1-14(2-3-15)9-5-8-10(4-7(9)12)17-6-11(16)13-8/h4-5,15H,2-3,6,12H2,1H3,(H,13,16). The van der Waals surface area contributed by atoms with Crippen molar-refractivity contribution in [2.45, 2.75) is 0 Å². The highest BCUT2D eigenvalue weighted by Gasteiger charge is 2.18. The first-order chi connectivity index (χ1) is 8.11. The lowest BCUT2D eigenvalue weighted by molar-refractivity contribution is -0.118. The van der Waals surface area contributed by atoms with Crippen LogP contribution in [0.5, 0.6) is 5.75 Å². The van der Waals surface area contributed by atoms with Crippen molar-refractivity contribution in [3.63, 3.8) is 0 Å². The minimum Gasteiger partial charge on any atom is -0.482 e. The van der Waals surface area contributed by atoms with E-state index < -0.39 is 0 Å². The molecule has 4 N–H and O–H groups in total. The molecule has 0 fully saturated rings. The quantitative estimate of drug-likeness (QED) is 0.645. The van der Waals surface area contributed by atoms with Gasteiger partial charge in [-0.1, -0.05) is 0 Å². The lowest BCUT2D eigenvalue weighted by atomic mass is 10.2. The Balaban J connectivity index is 2.35. The van der Waals surface area contributed by atoms with Crippen LogP contribution in [0.2, 0.25) is 0 Å². The lowest BCUT2D eigenvalue weighted by Crippen LogP contribution is -2.27. The molecular formula is C11H15N3O3. The van der Waals surface area contributed by atoms with Gasteiger partial charge in [-0.15, -0.1) is 0 Å². The number of anilines is 3. The highest BCUT2D eigenvalue weighted by molar-refractivity contribution is 5.97. The van der Waals surface area contributed by atoms with Crippen LogP contribution in [-0.2, 0) is 4.79 Å². The first kappa shape index (κ1) is 11.5. The Morgan fingerprint density at radius 2 is 2.35 bits per heavy atom. The van der Waals surface area contributed by atoms with Gasteiger partial charge in [-0.3, -0.25) is 4.79 Å². The Bertz CT molecular complexity index is 448. The van der Waals surface area contributed by atoms with Crippen molar-refractivity contribution in [3.05, 3.63) is 12.1 Å². The normalized spacial score (nSPS) is 13.6. The monoisotopic (exact) mass is 237 g/mol. The number of nitrogens with one attached hydrogen (secondary N) is 1. The van der Waals surface area contributed by atoms with Crippen LogP contribution in [-0.4, -0.2) is 37.8 Å². The molecule has 17 heavy (non-hydrogen) atoms. The number of carbonyl (C=O) groups is 1. The van der Waals surface area contributed by atoms with E-state index in [4.69, 9.17) is 15.6 Å². The number of nitrogens with zero attached hydrogens (tertiary/aromatic N) is 1. The summed E-state index contributed by atoms with van der Waals surface area (Å²) in [5.41, 5.74) is 7.81. The fourth-order valence-electron chi connectivity index (χ4n) is 1.73. The zero-order valence-corrected chi connectivity index (χ0v) is 9.56. The molecule has 1 heterocycles. The second-order valence-corrected chi connectivity index (χ2v) is 3.89. The molecule has 0 aromatic heterocycles. The topological polar surface area (TPSA) is 87.8 Å². The molecule has 1 amide bonds. The molecule has 0 aliphatic carbocycles. The van der Waals surface area contributed by atoms with E-state index in [-0.39, 0.29) is 19.1 Å². The van der Waals surface area contributed by atoms with Crippen molar-refractivity contribution in [1.29, 1.82) is 0 Å². The maximum Gasteiger partial charge on any atom is 0.262 e. The van der Waals surface area contributed by atoms with Crippen LogP contribution in [0.4, 0.5) is 17.1 Å². The van der Waals surface area contributed by atoms with Crippen LogP contribution >= 0.6 is 0 Å². The third-order valence-corrected chi connectivity index (χ3v) is 2.61. The Morgan fingerprint density at radius 3 is 3.06 bits per heavy atom. The molecule has 1 aliphatic heterocycles. The second kappa shape index (κ2) is 4.50. The van der Waals surface area contributed by atoms with Gasteiger partial charge in [0.05, 0.1) is 23.7 Å². The van der Waals surface area contributed by atoms with Crippen molar-refractivity contribution in [3.8, 4) is 5.75 Å². The van der Waals surface area contributed by atoms with Gasteiger partial charge in [-0.05, 0) is 6.07 Å². The van der Waals surface area contributed by atoms with Gasteiger partial charge in [0.1, 0.15) is 5.75 Å². The summed E-state index contributed by atoms with van der Waals surface area (Å²) < 4.78 is 5.25. The summed E-state index contributed by atoms with van der Waals surface area (Å²) in [7, 11) is 1.82. The summed E-state index contributed by atoms with van der Waals surface area (Å²) >= 11 is 0. The number of carbonyl (C=O) groups excluding carboxylic acids is 1. The summed E-state index contributed by atoms with van der Waals surface area (Å²) in [5, 5.41) is 11.6. The largest absolute Gasteiger partial charge is 0.482 e. The third kappa shape index (κ3) is 2.26. The Morgan fingerprint density at radius 1 is 1.59 bits per heavy atom. The molecule has 6 heteroatoms. The van der Waals surface area contributed by atoms with Crippen LogP contribution in [0.15, 0.2) is 12.1 Å². The average Bonchev–Trinajstić information content (AvgIpc) is 2.29. The van der Waals surface area contributed by atoms with Gasteiger partial charge < -0.3 is 25.8 Å². The number of ether oxygens (including phenoxy) is 1. The van der Waals surface area contributed by atoms with E-state index in [2.05, 4.69) is 5.32 Å². The van der Waals surface area contributed by atoms with Crippen LogP contribution in [0.25, 0.3) is 0 Å². The Labute approximate surface area is 99.0 Å². The number of nitrogen functional groups attached to an aromatic ring is 1. The maximum absolute atomic E-state index is 11.2. The number of rotatable bonds is 3. The number of hydrogen-bond donors (Lipinski definition) is 3. The van der Waals surface area contributed by atoms with E-state index in [1.807, 2.05) is 11.9 Å². The predicted molar refractivity (Wildman–Crippen MR) is 65.3 cm³/mol. The molecule has 0 bridgehead atoms. The predicted octanol–water partition coefficient (Wildman–Crippen LogP) is 0.0282. The average molecular weight is 237 g/mol. The minimum absolute atomic E-state index is 0.0122. The number of fused-ring (bicyclic) bond motifs is 1. The summed E-state index contributed by atoms with van der Waals surface area (Å²) in [6.45, 7) is 0.520. The molecule has 6 nitrogen and oxygen atoms in total. The Hall–Kier alpha value is -1.95. The number of hydrogen-bond acceptors (Lipinski definition) is 5. The lowest BCUT2D eigenvalue weighted by Gasteiger charge is -2.24. The molecular weight excluding hydrogens is 222 g/mol. The number of aliphatic hydroxyl groups is 1. The third-order valence-electron chi connectivity index (χ3n) is 2.61. The van der Waals surface area contributed by atoms with Crippen LogP contribution in [0.1, 0.15) is 0 Å². The molecule has 1 aromatic rings. The Kier molecular flexibility index (Phi) is 3.06. The van der Waals surface area contributed by atoms with Crippen LogP contribution in [0, 0.1) is 0 Å².